The summed E-state index contributed by atoms with van der Waals surface area (Å²) in [6.45, 7) is 8.37. The number of hydrogen-bond donors (Lipinski definition) is 1. The normalized spacial score (nSPS) is 48.0. The highest BCUT2D eigenvalue weighted by atomic mass is 16.3. The molecule has 1 aliphatic carbocycles. The highest BCUT2D eigenvalue weighted by Crippen LogP contribution is 2.56. The zero-order valence-electron chi connectivity index (χ0n) is 14.8. The van der Waals surface area contributed by atoms with Crippen molar-refractivity contribution in [2.24, 2.45) is 16.2 Å². The molecule has 0 amide bonds. The Hall–Kier alpha value is -0.450. The van der Waals surface area contributed by atoms with Crippen molar-refractivity contribution in [3.05, 3.63) is 0 Å². The van der Waals surface area contributed by atoms with Crippen LogP contribution < -0.4 is 0 Å². The Kier molecular flexibility index (Phi) is 3.68. The van der Waals surface area contributed by atoms with Crippen molar-refractivity contribution in [2.75, 3.05) is 32.8 Å². The first-order valence-corrected chi connectivity index (χ1v) is 9.69. The van der Waals surface area contributed by atoms with Gasteiger partial charge in [0.2, 0.25) is 0 Å². The number of ketones is 1. The topological polar surface area (TPSA) is 43.8 Å². The molecule has 4 bridgehead atoms. The minimum Gasteiger partial charge on any atom is -0.396 e. The molecule has 1 N–H and O–H groups in total. The lowest BCUT2D eigenvalue weighted by Gasteiger charge is -2.69. The Labute approximate surface area is 140 Å². The van der Waals surface area contributed by atoms with E-state index in [1.807, 2.05) is 0 Å². The van der Waals surface area contributed by atoms with Crippen LogP contribution in [-0.4, -0.2) is 59.6 Å². The number of nitrogens with zero attached hydrogens (tertiary/aromatic N) is 2. The standard InChI is InChI=1S/C19H32N2O2/c1-3-17-10-20-12-18(4-2,15(17)23)13-21(11-17)16(20)19(14-22)8-6-5-7-9-19/h16,22H,3-14H2,1-2H3. The Balaban J connectivity index is 1.71. The summed E-state index contributed by atoms with van der Waals surface area (Å²) in [7, 11) is 0. The van der Waals surface area contributed by atoms with Gasteiger partial charge in [-0.15, -0.1) is 0 Å². The number of aliphatic hydroxyl groups excluding tert-OH is 1. The number of carbonyl (C=O) groups is 1. The molecule has 23 heavy (non-hydrogen) atoms. The molecule has 0 spiro atoms. The van der Waals surface area contributed by atoms with Crippen molar-refractivity contribution in [3.63, 3.8) is 0 Å². The van der Waals surface area contributed by atoms with Crippen LogP contribution in [0.25, 0.3) is 0 Å². The van der Waals surface area contributed by atoms with Crippen LogP contribution in [0.5, 0.6) is 0 Å². The number of aliphatic hydroxyl groups is 1. The molecule has 130 valence electrons. The number of carbonyl (C=O) groups excluding carboxylic acids is 1. The summed E-state index contributed by atoms with van der Waals surface area (Å²) in [6, 6.07) is 0. The van der Waals surface area contributed by atoms with Crippen LogP contribution in [0.15, 0.2) is 0 Å². The summed E-state index contributed by atoms with van der Waals surface area (Å²) in [5.41, 5.74) is -0.249. The molecule has 4 heteroatoms. The lowest BCUT2D eigenvalue weighted by atomic mass is 9.56. The maximum Gasteiger partial charge on any atom is 0.150 e. The smallest absolute Gasteiger partial charge is 0.150 e. The molecule has 0 unspecified atom stereocenters. The first-order valence-electron chi connectivity index (χ1n) is 9.69. The molecule has 0 aromatic rings. The van der Waals surface area contributed by atoms with Crippen LogP contribution in [0.2, 0.25) is 0 Å². The predicted molar refractivity (Wildman–Crippen MR) is 90.0 cm³/mol. The van der Waals surface area contributed by atoms with Crippen LogP contribution in [-0.2, 0) is 4.79 Å². The maximum absolute atomic E-state index is 13.2. The summed E-state index contributed by atoms with van der Waals surface area (Å²) in [6.07, 6.45) is 8.37. The maximum atomic E-state index is 13.2. The average Bonchev–Trinajstić information content (AvgIpc) is 2.59. The number of Topliss-reactive ketones (excluding diaryl/α,β-unsaturated/α-hetero) is 1. The van der Waals surface area contributed by atoms with E-state index in [0.717, 1.165) is 51.9 Å². The third-order valence-electron chi connectivity index (χ3n) is 7.74. The van der Waals surface area contributed by atoms with Gasteiger partial charge in [0, 0.05) is 31.6 Å². The molecule has 4 nitrogen and oxygen atoms in total. The Morgan fingerprint density at radius 2 is 1.43 bits per heavy atom. The first-order chi connectivity index (χ1) is 11.0. The fraction of sp³-hybridized carbons (Fsp3) is 0.947. The van der Waals surface area contributed by atoms with Gasteiger partial charge < -0.3 is 5.11 Å². The third kappa shape index (κ3) is 1.98. The Morgan fingerprint density at radius 1 is 0.957 bits per heavy atom. The average molecular weight is 320 g/mol. The van der Waals surface area contributed by atoms with Crippen molar-refractivity contribution in [2.45, 2.75) is 65.0 Å². The van der Waals surface area contributed by atoms with Gasteiger partial charge in [0.1, 0.15) is 5.78 Å². The Morgan fingerprint density at radius 3 is 1.83 bits per heavy atom. The van der Waals surface area contributed by atoms with Gasteiger partial charge in [-0.25, -0.2) is 0 Å². The van der Waals surface area contributed by atoms with E-state index in [9.17, 15) is 9.90 Å². The third-order valence-corrected chi connectivity index (χ3v) is 7.74. The van der Waals surface area contributed by atoms with E-state index in [0.29, 0.717) is 18.6 Å². The van der Waals surface area contributed by atoms with Crippen LogP contribution in [0.1, 0.15) is 58.8 Å². The molecule has 4 heterocycles. The molecule has 5 fully saturated rings. The lowest BCUT2D eigenvalue weighted by Crippen LogP contribution is -2.81. The molecule has 5 rings (SSSR count). The fourth-order valence-corrected chi connectivity index (χ4v) is 6.49. The molecule has 4 aliphatic heterocycles. The summed E-state index contributed by atoms with van der Waals surface area (Å²) in [4.78, 5) is 18.4. The second kappa shape index (κ2) is 5.27. The summed E-state index contributed by atoms with van der Waals surface area (Å²) in [5, 5.41) is 10.3. The van der Waals surface area contributed by atoms with E-state index in [2.05, 4.69) is 23.6 Å². The molecule has 4 saturated heterocycles. The zero-order valence-corrected chi connectivity index (χ0v) is 14.8. The second-order valence-corrected chi connectivity index (χ2v) is 8.86. The number of hydrogen-bond acceptors (Lipinski definition) is 4. The van der Waals surface area contributed by atoms with Crippen molar-refractivity contribution in [1.29, 1.82) is 0 Å². The number of rotatable bonds is 4. The van der Waals surface area contributed by atoms with Crippen molar-refractivity contribution in [3.8, 4) is 0 Å². The van der Waals surface area contributed by atoms with Gasteiger partial charge in [-0.1, -0.05) is 33.1 Å². The van der Waals surface area contributed by atoms with E-state index in [1.165, 1.54) is 19.3 Å². The van der Waals surface area contributed by atoms with E-state index in [1.54, 1.807) is 0 Å². The minimum atomic E-state index is -0.145. The van der Waals surface area contributed by atoms with Crippen molar-refractivity contribution >= 4 is 5.78 Å². The quantitative estimate of drug-likeness (QED) is 0.863. The summed E-state index contributed by atoms with van der Waals surface area (Å²) in [5.74, 6) is 0.544. The van der Waals surface area contributed by atoms with E-state index < -0.39 is 0 Å². The first kappa shape index (κ1) is 16.0. The summed E-state index contributed by atoms with van der Waals surface area (Å²) >= 11 is 0. The minimum absolute atomic E-state index is 0.0401. The van der Waals surface area contributed by atoms with Crippen LogP contribution in [0.3, 0.4) is 0 Å². The zero-order chi connectivity index (χ0) is 16.3. The molecule has 0 atom stereocenters. The van der Waals surface area contributed by atoms with Gasteiger partial charge in [0.25, 0.3) is 0 Å². The van der Waals surface area contributed by atoms with E-state index >= 15 is 0 Å². The molecule has 0 radical (unpaired) electrons. The SMILES string of the molecule is CCC12CN3CC(CC)(CN(C1)C3C1(CO)CCCCC1)C2=O. The lowest BCUT2D eigenvalue weighted by molar-refractivity contribution is -0.231. The van der Waals surface area contributed by atoms with Crippen molar-refractivity contribution in [1.82, 2.24) is 9.80 Å². The van der Waals surface area contributed by atoms with Crippen molar-refractivity contribution < 1.29 is 9.90 Å². The molecular formula is C19H32N2O2. The van der Waals surface area contributed by atoms with Crippen LogP contribution in [0, 0.1) is 16.2 Å². The fourth-order valence-electron chi connectivity index (χ4n) is 6.49. The van der Waals surface area contributed by atoms with E-state index in [4.69, 9.17) is 0 Å². The second-order valence-electron chi connectivity index (χ2n) is 8.86. The Bertz CT molecular complexity index is 456. The number of piperidine rings is 2. The van der Waals surface area contributed by atoms with Gasteiger partial charge in [-0.2, -0.15) is 0 Å². The van der Waals surface area contributed by atoms with Gasteiger partial charge >= 0.3 is 0 Å². The van der Waals surface area contributed by atoms with Gasteiger partial charge in [-0.3, -0.25) is 14.6 Å². The van der Waals surface area contributed by atoms with Gasteiger partial charge in [0.05, 0.1) is 23.6 Å². The highest BCUT2D eigenvalue weighted by Gasteiger charge is 2.66. The molecule has 0 aromatic carbocycles. The predicted octanol–water partition coefficient (Wildman–Crippen LogP) is 2.26. The van der Waals surface area contributed by atoms with E-state index in [-0.39, 0.29) is 16.2 Å². The molecule has 1 saturated carbocycles. The molecule has 0 aromatic heterocycles. The highest BCUT2D eigenvalue weighted by molar-refractivity contribution is 5.93. The van der Waals surface area contributed by atoms with Gasteiger partial charge in [-0.05, 0) is 25.7 Å². The monoisotopic (exact) mass is 320 g/mol. The molecule has 5 aliphatic rings. The van der Waals surface area contributed by atoms with Gasteiger partial charge in [0.15, 0.2) is 0 Å². The molecular weight excluding hydrogens is 288 g/mol. The van der Waals surface area contributed by atoms with Crippen LogP contribution >= 0.6 is 0 Å². The van der Waals surface area contributed by atoms with Crippen LogP contribution in [0.4, 0.5) is 0 Å². The largest absolute Gasteiger partial charge is 0.396 e. The summed E-state index contributed by atoms with van der Waals surface area (Å²) < 4.78 is 0.